The van der Waals surface area contributed by atoms with Crippen LogP contribution in [0.2, 0.25) is 0 Å². The Bertz CT molecular complexity index is 622. The third kappa shape index (κ3) is 3.91. The van der Waals surface area contributed by atoms with Gasteiger partial charge in [-0.2, -0.15) is 0 Å². The number of anilines is 1. The molecule has 112 valence electrons. The van der Waals surface area contributed by atoms with Gasteiger partial charge >= 0.3 is 0 Å². The maximum Gasteiger partial charge on any atom is 0.227 e. The summed E-state index contributed by atoms with van der Waals surface area (Å²) in [4.78, 5) is 8.46. The van der Waals surface area contributed by atoms with E-state index in [1.165, 1.54) is 18.5 Å². The Morgan fingerprint density at radius 3 is 2.76 bits per heavy atom. The summed E-state index contributed by atoms with van der Waals surface area (Å²) >= 11 is 3.29. The first-order valence-corrected chi connectivity index (χ1v) is 7.65. The molecule has 0 aliphatic rings. The molecule has 0 atom stereocenters. The highest BCUT2D eigenvalue weighted by Gasteiger charge is 2.14. The maximum absolute atomic E-state index is 13.1. The highest BCUT2D eigenvalue weighted by atomic mass is 79.9. The van der Waals surface area contributed by atoms with Gasteiger partial charge in [-0.25, -0.2) is 14.4 Å². The Hall–Kier alpha value is -1.69. The van der Waals surface area contributed by atoms with Crippen molar-refractivity contribution in [1.29, 1.82) is 0 Å². The van der Waals surface area contributed by atoms with Crippen LogP contribution in [0.1, 0.15) is 25.8 Å². The molecule has 0 aliphatic carbocycles. The summed E-state index contributed by atoms with van der Waals surface area (Å²) in [5.74, 6) is 1.48. The van der Waals surface area contributed by atoms with Gasteiger partial charge in [-0.3, -0.25) is 0 Å². The predicted molar refractivity (Wildman–Crippen MR) is 84.4 cm³/mol. The van der Waals surface area contributed by atoms with E-state index in [0.717, 1.165) is 30.8 Å². The molecular weight excluding hydrogens is 337 g/mol. The Balaban J connectivity index is 2.36. The fourth-order valence-electron chi connectivity index (χ4n) is 1.94. The van der Waals surface area contributed by atoms with Crippen LogP contribution in [0.4, 0.5) is 10.2 Å². The van der Waals surface area contributed by atoms with Gasteiger partial charge in [0.15, 0.2) is 0 Å². The number of hydrogen-bond acceptors (Lipinski definition) is 4. The molecule has 0 aliphatic heterocycles. The minimum Gasteiger partial charge on any atom is -0.437 e. The monoisotopic (exact) mass is 353 g/mol. The summed E-state index contributed by atoms with van der Waals surface area (Å²) in [6, 6.07) is 4.29. The largest absolute Gasteiger partial charge is 0.437 e. The molecule has 1 aromatic carbocycles. The normalized spacial score (nSPS) is 10.5. The average molecular weight is 354 g/mol. The first-order chi connectivity index (χ1) is 10.2. The molecule has 0 bridgehead atoms. The van der Waals surface area contributed by atoms with Gasteiger partial charge in [-0.1, -0.05) is 13.3 Å². The minimum atomic E-state index is -0.320. The van der Waals surface area contributed by atoms with Gasteiger partial charge in [-0.15, -0.1) is 0 Å². The van der Waals surface area contributed by atoms with Crippen LogP contribution in [0.3, 0.4) is 0 Å². The number of nitrogens with zero attached hydrogens (tertiary/aromatic N) is 2. The molecule has 0 fully saturated rings. The summed E-state index contributed by atoms with van der Waals surface area (Å²) < 4.78 is 19.5. The maximum atomic E-state index is 13.1. The molecule has 1 heterocycles. The molecule has 0 radical (unpaired) electrons. The van der Waals surface area contributed by atoms with E-state index >= 15 is 0 Å². The predicted octanol–water partition coefficient (Wildman–Crippen LogP) is 4.55. The molecule has 6 heteroatoms. The van der Waals surface area contributed by atoms with Gasteiger partial charge in [0.05, 0.1) is 10.0 Å². The van der Waals surface area contributed by atoms with E-state index in [1.807, 2.05) is 6.92 Å². The lowest BCUT2D eigenvalue weighted by molar-refractivity contribution is 0.450. The topological polar surface area (TPSA) is 47.0 Å². The van der Waals surface area contributed by atoms with Gasteiger partial charge in [-0.05, 0) is 47.5 Å². The summed E-state index contributed by atoms with van der Waals surface area (Å²) in [6.07, 6.45) is 3.22. The Morgan fingerprint density at radius 1 is 1.29 bits per heavy atom. The Morgan fingerprint density at radius 2 is 2.10 bits per heavy atom. The van der Waals surface area contributed by atoms with Crippen LogP contribution in [0.25, 0.3) is 0 Å². The first kappa shape index (κ1) is 15.7. The molecule has 2 rings (SSSR count). The van der Waals surface area contributed by atoms with Crippen molar-refractivity contribution >= 4 is 21.7 Å². The van der Waals surface area contributed by atoms with E-state index in [4.69, 9.17) is 4.74 Å². The van der Waals surface area contributed by atoms with E-state index in [-0.39, 0.29) is 5.82 Å². The van der Waals surface area contributed by atoms with E-state index in [2.05, 4.69) is 38.1 Å². The summed E-state index contributed by atoms with van der Waals surface area (Å²) in [5, 5.41) is 3.21. The van der Waals surface area contributed by atoms with E-state index < -0.39 is 0 Å². The average Bonchev–Trinajstić information content (AvgIpc) is 2.45. The van der Waals surface area contributed by atoms with Gasteiger partial charge in [0.1, 0.15) is 23.7 Å². The van der Waals surface area contributed by atoms with Gasteiger partial charge in [0.25, 0.3) is 0 Å². The lowest BCUT2D eigenvalue weighted by Crippen LogP contribution is -2.06. The third-order valence-corrected chi connectivity index (χ3v) is 3.47. The molecule has 0 unspecified atom stereocenters. The number of rotatable bonds is 6. The van der Waals surface area contributed by atoms with Crippen LogP contribution < -0.4 is 10.1 Å². The molecule has 0 amide bonds. The lowest BCUT2D eigenvalue weighted by Gasteiger charge is -2.14. The second kappa shape index (κ2) is 7.36. The molecule has 4 nitrogen and oxygen atoms in total. The van der Waals surface area contributed by atoms with Crippen LogP contribution in [-0.4, -0.2) is 16.5 Å². The van der Waals surface area contributed by atoms with Crippen molar-refractivity contribution in [3.63, 3.8) is 0 Å². The summed E-state index contributed by atoms with van der Waals surface area (Å²) in [5.41, 5.74) is 0.929. The van der Waals surface area contributed by atoms with Crippen LogP contribution in [0.15, 0.2) is 29.0 Å². The number of nitrogens with one attached hydrogen (secondary N) is 1. The summed E-state index contributed by atoms with van der Waals surface area (Å²) in [7, 11) is 0. The Kier molecular flexibility index (Phi) is 5.50. The minimum absolute atomic E-state index is 0.320. The van der Waals surface area contributed by atoms with Crippen molar-refractivity contribution in [2.24, 2.45) is 0 Å². The van der Waals surface area contributed by atoms with E-state index in [1.54, 1.807) is 6.07 Å². The number of benzene rings is 1. The highest BCUT2D eigenvalue weighted by molar-refractivity contribution is 9.10. The SMILES string of the molecule is CCCc1c(NCC)ncnc1Oc1ccc(F)cc1Br. The van der Waals surface area contributed by atoms with Crippen molar-refractivity contribution < 1.29 is 9.13 Å². The molecule has 21 heavy (non-hydrogen) atoms. The van der Waals surface area contributed by atoms with Gasteiger partial charge in [0, 0.05) is 6.54 Å². The van der Waals surface area contributed by atoms with Crippen molar-refractivity contribution in [1.82, 2.24) is 9.97 Å². The molecular formula is C15H17BrFN3O. The van der Waals surface area contributed by atoms with Crippen LogP contribution in [-0.2, 0) is 6.42 Å². The zero-order valence-corrected chi connectivity index (χ0v) is 13.6. The zero-order valence-electron chi connectivity index (χ0n) is 12.0. The molecule has 0 saturated carbocycles. The molecule has 0 spiro atoms. The van der Waals surface area contributed by atoms with Crippen molar-refractivity contribution in [3.05, 3.63) is 40.4 Å². The summed E-state index contributed by atoms with van der Waals surface area (Å²) in [6.45, 7) is 4.86. The number of ether oxygens (including phenoxy) is 1. The van der Waals surface area contributed by atoms with Crippen molar-refractivity contribution in [2.45, 2.75) is 26.7 Å². The Labute approximate surface area is 131 Å². The standard InChI is InChI=1S/C15H17BrFN3O/c1-3-5-11-14(18-4-2)19-9-20-15(11)21-13-7-6-10(17)8-12(13)16/h6-9H,3-5H2,1-2H3,(H,18,19,20). The van der Waals surface area contributed by atoms with Crippen LogP contribution >= 0.6 is 15.9 Å². The van der Waals surface area contributed by atoms with Crippen molar-refractivity contribution in [3.8, 4) is 11.6 Å². The fourth-order valence-corrected chi connectivity index (χ4v) is 2.37. The zero-order chi connectivity index (χ0) is 15.2. The molecule has 0 saturated heterocycles. The molecule has 2 aromatic rings. The molecule has 1 aromatic heterocycles. The van der Waals surface area contributed by atoms with Crippen molar-refractivity contribution in [2.75, 3.05) is 11.9 Å². The van der Waals surface area contributed by atoms with Crippen LogP contribution in [0, 0.1) is 5.82 Å². The third-order valence-electron chi connectivity index (χ3n) is 2.85. The fraction of sp³-hybridized carbons (Fsp3) is 0.333. The number of halogens is 2. The van der Waals surface area contributed by atoms with Gasteiger partial charge < -0.3 is 10.1 Å². The quantitative estimate of drug-likeness (QED) is 0.827. The van der Waals surface area contributed by atoms with E-state index in [9.17, 15) is 4.39 Å². The number of aromatic nitrogens is 2. The second-order valence-electron chi connectivity index (χ2n) is 4.46. The second-order valence-corrected chi connectivity index (χ2v) is 5.32. The van der Waals surface area contributed by atoms with Gasteiger partial charge in [0.2, 0.25) is 5.88 Å². The smallest absolute Gasteiger partial charge is 0.227 e. The van der Waals surface area contributed by atoms with Crippen LogP contribution in [0.5, 0.6) is 11.6 Å². The number of hydrogen-bond donors (Lipinski definition) is 1. The van der Waals surface area contributed by atoms with E-state index in [0.29, 0.717) is 16.1 Å². The highest BCUT2D eigenvalue weighted by Crippen LogP contribution is 2.33. The first-order valence-electron chi connectivity index (χ1n) is 6.86. The lowest BCUT2D eigenvalue weighted by atomic mass is 10.1. The molecule has 1 N–H and O–H groups in total.